The molecule has 0 aromatic rings. The number of rotatable bonds is 4. The summed E-state index contributed by atoms with van der Waals surface area (Å²) in [5.74, 6) is 3.69. The van der Waals surface area contributed by atoms with E-state index in [1.54, 1.807) is 0 Å². The predicted octanol–water partition coefficient (Wildman–Crippen LogP) is 4.85. The van der Waals surface area contributed by atoms with Crippen molar-refractivity contribution in [2.75, 3.05) is 0 Å². The van der Waals surface area contributed by atoms with Gasteiger partial charge in [-0.15, -0.1) is 0 Å². The van der Waals surface area contributed by atoms with Crippen LogP contribution in [0.5, 0.6) is 0 Å². The van der Waals surface area contributed by atoms with Crippen molar-refractivity contribution in [3.05, 3.63) is 0 Å². The van der Waals surface area contributed by atoms with Gasteiger partial charge in [0, 0.05) is 5.92 Å². The Morgan fingerprint density at radius 1 is 1.00 bits per heavy atom. The van der Waals surface area contributed by atoms with Crippen LogP contribution >= 0.6 is 0 Å². The van der Waals surface area contributed by atoms with Gasteiger partial charge in [0.1, 0.15) is 0 Å². The van der Waals surface area contributed by atoms with Crippen LogP contribution in [0.25, 0.3) is 0 Å². The highest BCUT2D eigenvalue weighted by molar-refractivity contribution is 5.37. The average molecular weight is 321 g/mol. The van der Waals surface area contributed by atoms with Gasteiger partial charge in [-0.2, -0.15) is 0 Å². The van der Waals surface area contributed by atoms with Gasteiger partial charge in [-0.3, -0.25) is 0 Å². The third-order valence-corrected chi connectivity index (χ3v) is 8.28. The van der Waals surface area contributed by atoms with Crippen molar-refractivity contribution >= 4 is 0 Å². The first-order valence-corrected chi connectivity index (χ1v) is 9.76. The molecule has 0 amide bonds. The van der Waals surface area contributed by atoms with E-state index in [2.05, 4.69) is 48.5 Å². The van der Waals surface area contributed by atoms with E-state index in [0.29, 0.717) is 5.41 Å². The van der Waals surface area contributed by atoms with Crippen molar-refractivity contribution in [3.63, 3.8) is 0 Å². The Hall–Kier alpha value is -0.0800. The second-order valence-corrected chi connectivity index (χ2v) is 11.6. The van der Waals surface area contributed by atoms with Gasteiger partial charge in [-0.25, -0.2) is 0 Å². The topological polar surface area (TPSA) is 29.5 Å². The molecule has 0 saturated heterocycles. The zero-order chi connectivity index (χ0) is 17.0. The Balaban J connectivity index is 1.47. The Labute approximate surface area is 142 Å². The third kappa shape index (κ3) is 1.89. The highest BCUT2D eigenvalue weighted by Crippen LogP contribution is 2.91. The van der Waals surface area contributed by atoms with E-state index in [1.165, 1.54) is 19.3 Å². The largest absolute Gasteiger partial charge is 0.368 e. The van der Waals surface area contributed by atoms with Crippen LogP contribution in [0.2, 0.25) is 0 Å². The molecule has 0 radical (unpaired) electrons. The van der Waals surface area contributed by atoms with Crippen LogP contribution in [0.1, 0.15) is 74.1 Å². The third-order valence-electron chi connectivity index (χ3n) is 8.28. The molecule has 132 valence electrons. The first-order valence-electron chi connectivity index (χ1n) is 9.76. The number of ether oxygens (including phenoxy) is 1. The Kier molecular flexibility index (Phi) is 3.11. The summed E-state index contributed by atoms with van der Waals surface area (Å²) < 4.78 is 6.50. The summed E-state index contributed by atoms with van der Waals surface area (Å²) in [6, 6.07) is 0. The molecule has 2 nitrogen and oxygen atoms in total. The van der Waals surface area contributed by atoms with Crippen LogP contribution in [0.4, 0.5) is 0 Å². The van der Waals surface area contributed by atoms with Crippen LogP contribution < -0.4 is 0 Å². The van der Waals surface area contributed by atoms with Crippen molar-refractivity contribution in [2.24, 2.45) is 45.8 Å². The van der Waals surface area contributed by atoms with E-state index in [4.69, 9.17) is 4.74 Å². The maximum absolute atomic E-state index is 11.0. The molecular formula is C21H36O2. The maximum atomic E-state index is 11.0. The van der Waals surface area contributed by atoms with E-state index >= 15 is 0 Å². The maximum Gasteiger partial charge on any atom is 0.158 e. The van der Waals surface area contributed by atoms with Crippen LogP contribution in [0, 0.1) is 45.8 Å². The molecule has 0 aliphatic heterocycles. The van der Waals surface area contributed by atoms with Gasteiger partial charge >= 0.3 is 0 Å². The molecule has 4 aliphatic carbocycles. The standard InChI is InChI=1S/C21H36O2/c1-18(2,3)11-14(19(4,5)6)17(22)23-20(7)15-9-12-8-13-10-16(20)21(12,13)15/h12-17,22H,8-11H2,1-7H3. The molecule has 4 saturated carbocycles. The van der Waals surface area contributed by atoms with Crippen LogP contribution in [0.15, 0.2) is 0 Å². The van der Waals surface area contributed by atoms with Gasteiger partial charge < -0.3 is 9.84 Å². The predicted molar refractivity (Wildman–Crippen MR) is 92.8 cm³/mol. The normalized spacial score (nSPS) is 49.6. The van der Waals surface area contributed by atoms with Gasteiger partial charge in [-0.05, 0) is 72.5 Å². The lowest BCUT2D eigenvalue weighted by atomic mass is 9.15. The minimum Gasteiger partial charge on any atom is -0.368 e. The lowest BCUT2D eigenvalue weighted by molar-refractivity contribution is -0.479. The molecule has 6 atom stereocenters. The molecular weight excluding hydrogens is 284 g/mol. The molecule has 2 heteroatoms. The molecule has 0 bridgehead atoms. The van der Waals surface area contributed by atoms with Gasteiger partial charge in [0.05, 0.1) is 5.60 Å². The highest BCUT2D eigenvalue weighted by Gasteiger charge is 2.89. The van der Waals surface area contributed by atoms with E-state index < -0.39 is 6.29 Å². The number of aliphatic hydroxyl groups excluding tert-OH is 1. The Bertz CT molecular complexity index is 487. The van der Waals surface area contributed by atoms with E-state index in [1.807, 2.05) is 0 Å². The fraction of sp³-hybridized carbons (Fsp3) is 1.00. The summed E-state index contributed by atoms with van der Waals surface area (Å²) in [7, 11) is 0. The number of aliphatic hydroxyl groups is 1. The van der Waals surface area contributed by atoms with Gasteiger partial charge in [0.15, 0.2) is 6.29 Å². The van der Waals surface area contributed by atoms with Crippen LogP contribution in [-0.4, -0.2) is 17.0 Å². The second-order valence-electron chi connectivity index (χ2n) is 11.6. The minimum absolute atomic E-state index is 0.0474. The van der Waals surface area contributed by atoms with Gasteiger partial charge in [0.25, 0.3) is 0 Å². The lowest BCUT2D eigenvalue weighted by Crippen LogP contribution is -2.90. The molecule has 4 fully saturated rings. The van der Waals surface area contributed by atoms with Crippen molar-refractivity contribution in [3.8, 4) is 0 Å². The first kappa shape index (κ1) is 16.4. The van der Waals surface area contributed by atoms with Crippen molar-refractivity contribution in [1.82, 2.24) is 0 Å². The van der Waals surface area contributed by atoms with E-state index in [9.17, 15) is 5.11 Å². The molecule has 1 spiro atoms. The van der Waals surface area contributed by atoms with Crippen molar-refractivity contribution < 1.29 is 9.84 Å². The quantitative estimate of drug-likeness (QED) is 0.750. The molecule has 0 heterocycles. The fourth-order valence-corrected chi connectivity index (χ4v) is 7.17. The summed E-state index contributed by atoms with van der Waals surface area (Å²) in [6.07, 6.45) is 4.57. The molecule has 4 rings (SSSR count). The summed E-state index contributed by atoms with van der Waals surface area (Å²) in [5.41, 5.74) is 0.913. The summed E-state index contributed by atoms with van der Waals surface area (Å²) in [4.78, 5) is 0. The highest BCUT2D eigenvalue weighted by atomic mass is 16.6. The molecule has 1 N–H and O–H groups in total. The second kappa shape index (κ2) is 4.36. The van der Waals surface area contributed by atoms with Crippen molar-refractivity contribution in [1.29, 1.82) is 0 Å². The van der Waals surface area contributed by atoms with Crippen LogP contribution in [0.3, 0.4) is 0 Å². The number of hydrogen-bond donors (Lipinski definition) is 1. The first-order chi connectivity index (χ1) is 10.4. The zero-order valence-electron chi connectivity index (χ0n) is 16.1. The SMILES string of the molecule is CC(C)(C)CC(C(O)OC1(C)C2CC3CC4CC1C342)C(C)(C)C. The zero-order valence-corrected chi connectivity index (χ0v) is 16.1. The summed E-state index contributed by atoms with van der Waals surface area (Å²) >= 11 is 0. The van der Waals surface area contributed by atoms with Gasteiger partial charge in [-0.1, -0.05) is 41.5 Å². The lowest BCUT2D eigenvalue weighted by Gasteiger charge is -2.91. The van der Waals surface area contributed by atoms with Crippen molar-refractivity contribution in [2.45, 2.75) is 86.0 Å². The molecule has 0 aromatic heterocycles. The van der Waals surface area contributed by atoms with E-state index in [-0.39, 0.29) is 22.3 Å². The minimum atomic E-state index is -0.630. The smallest absolute Gasteiger partial charge is 0.158 e. The Morgan fingerprint density at radius 3 is 1.91 bits per heavy atom. The molecule has 23 heavy (non-hydrogen) atoms. The fourth-order valence-electron chi connectivity index (χ4n) is 7.17. The van der Waals surface area contributed by atoms with E-state index in [0.717, 1.165) is 30.1 Å². The molecule has 4 aliphatic rings. The molecule has 6 unspecified atom stereocenters. The monoisotopic (exact) mass is 320 g/mol. The number of hydrogen-bond acceptors (Lipinski definition) is 2. The molecule has 0 aromatic carbocycles. The van der Waals surface area contributed by atoms with Crippen LogP contribution in [-0.2, 0) is 4.74 Å². The average Bonchev–Trinajstić information content (AvgIpc) is 2.28. The Morgan fingerprint density at radius 2 is 1.52 bits per heavy atom. The summed E-state index contributed by atoms with van der Waals surface area (Å²) in [5, 5.41) is 11.0. The van der Waals surface area contributed by atoms with Gasteiger partial charge in [0.2, 0.25) is 0 Å². The summed E-state index contributed by atoms with van der Waals surface area (Å²) in [6.45, 7) is 15.8.